The van der Waals surface area contributed by atoms with Gasteiger partial charge in [-0.3, -0.25) is 4.90 Å². The highest BCUT2D eigenvalue weighted by Crippen LogP contribution is 2.34. The summed E-state index contributed by atoms with van der Waals surface area (Å²) >= 11 is 0. The largest absolute Gasteiger partial charge is 0.356 e. The third kappa shape index (κ3) is 2.78. The maximum absolute atomic E-state index is 4.53. The van der Waals surface area contributed by atoms with Crippen molar-refractivity contribution in [2.75, 3.05) is 31.1 Å². The van der Waals surface area contributed by atoms with Crippen LogP contribution in [0.4, 0.5) is 5.82 Å². The van der Waals surface area contributed by atoms with Crippen molar-refractivity contribution >= 4 is 5.82 Å². The normalized spacial score (nSPS) is 25.3. The van der Waals surface area contributed by atoms with Crippen LogP contribution < -0.4 is 4.90 Å². The van der Waals surface area contributed by atoms with Gasteiger partial charge in [0.05, 0.1) is 6.54 Å². The van der Waals surface area contributed by atoms with Crippen LogP contribution in [0.5, 0.6) is 0 Å². The molecule has 0 aliphatic carbocycles. The minimum absolute atomic E-state index is 0.444. The van der Waals surface area contributed by atoms with Gasteiger partial charge >= 0.3 is 0 Å². The molecule has 7 heteroatoms. The number of nitrogens with zero attached hydrogens (tertiary/aromatic N) is 7. The molecule has 3 aliphatic rings. The monoisotopic (exact) mass is 353 g/mol. The first kappa shape index (κ1) is 16.2. The number of fused-ring (bicyclic) bond motifs is 2. The van der Waals surface area contributed by atoms with Crippen LogP contribution in [0, 0.1) is 11.8 Å². The second kappa shape index (κ2) is 6.30. The van der Waals surface area contributed by atoms with E-state index in [0.29, 0.717) is 5.92 Å². The smallest absolute Gasteiger partial charge is 0.147 e. The van der Waals surface area contributed by atoms with Crippen molar-refractivity contribution in [2.24, 2.45) is 11.8 Å². The summed E-state index contributed by atoms with van der Waals surface area (Å²) in [5.41, 5.74) is 1.13. The standard InChI is InChI=1S/C19H27N7/c1-13(2)16-6-18(21-12-20-16)25-9-14-7-24(8-15(14)10-25)11-19-23-22-17-4-3-5-26(17)19/h6,12-15H,3-5,7-11H2,1-2H3. The molecule has 2 aromatic rings. The zero-order chi connectivity index (χ0) is 17.7. The summed E-state index contributed by atoms with van der Waals surface area (Å²) in [6, 6.07) is 2.17. The molecule has 0 radical (unpaired) electrons. The van der Waals surface area contributed by atoms with Crippen molar-refractivity contribution in [1.82, 2.24) is 29.6 Å². The molecule has 2 atom stereocenters. The van der Waals surface area contributed by atoms with E-state index in [4.69, 9.17) is 0 Å². The number of rotatable bonds is 4. The predicted molar refractivity (Wildman–Crippen MR) is 98.9 cm³/mol. The zero-order valence-electron chi connectivity index (χ0n) is 15.7. The fraction of sp³-hybridized carbons (Fsp3) is 0.684. The van der Waals surface area contributed by atoms with Gasteiger partial charge in [-0.05, 0) is 24.2 Å². The third-order valence-corrected chi connectivity index (χ3v) is 6.20. The summed E-state index contributed by atoms with van der Waals surface area (Å²) in [5.74, 6) is 5.34. The molecule has 0 saturated carbocycles. The van der Waals surface area contributed by atoms with Gasteiger partial charge in [0, 0.05) is 50.9 Å². The minimum atomic E-state index is 0.444. The van der Waals surface area contributed by atoms with Crippen LogP contribution in [0.2, 0.25) is 0 Å². The fourth-order valence-corrected chi connectivity index (χ4v) is 4.78. The van der Waals surface area contributed by atoms with Crippen LogP contribution in [-0.4, -0.2) is 55.8 Å². The van der Waals surface area contributed by atoms with Gasteiger partial charge in [-0.2, -0.15) is 0 Å². The second-order valence-corrected chi connectivity index (χ2v) is 8.36. The summed E-state index contributed by atoms with van der Waals surface area (Å²) in [5, 5.41) is 8.78. The Morgan fingerprint density at radius 3 is 2.65 bits per heavy atom. The summed E-state index contributed by atoms with van der Waals surface area (Å²) in [4.78, 5) is 14.0. The molecule has 3 aliphatic heterocycles. The van der Waals surface area contributed by atoms with Crippen LogP contribution in [0.3, 0.4) is 0 Å². The Kier molecular flexibility index (Phi) is 3.92. The molecule has 2 fully saturated rings. The average Bonchev–Trinajstić information content (AvgIpc) is 3.36. The maximum Gasteiger partial charge on any atom is 0.147 e. The van der Waals surface area contributed by atoms with E-state index in [0.717, 1.165) is 74.9 Å². The van der Waals surface area contributed by atoms with E-state index in [1.807, 2.05) is 0 Å². The number of likely N-dealkylation sites (tertiary alicyclic amines) is 1. The number of hydrogen-bond donors (Lipinski definition) is 0. The van der Waals surface area contributed by atoms with Crippen LogP contribution in [0.1, 0.15) is 43.5 Å². The molecular formula is C19H27N7. The molecule has 0 amide bonds. The number of aromatic nitrogens is 5. The summed E-state index contributed by atoms with van der Waals surface area (Å²) in [6.45, 7) is 10.9. The Balaban J connectivity index is 1.23. The van der Waals surface area contributed by atoms with E-state index in [1.54, 1.807) is 6.33 Å². The Bertz CT molecular complexity index is 785. The number of hydrogen-bond acceptors (Lipinski definition) is 6. The Labute approximate surface area is 154 Å². The van der Waals surface area contributed by atoms with Gasteiger partial charge in [0.15, 0.2) is 0 Å². The first-order valence-electron chi connectivity index (χ1n) is 9.87. The highest BCUT2D eigenvalue weighted by molar-refractivity contribution is 5.41. The van der Waals surface area contributed by atoms with Crippen molar-refractivity contribution in [2.45, 2.75) is 45.7 Å². The molecular weight excluding hydrogens is 326 g/mol. The highest BCUT2D eigenvalue weighted by atomic mass is 15.3. The second-order valence-electron chi connectivity index (χ2n) is 8.36. The maximum atomic E-state index is 4.53. The lowest BCUT2D eigenvalue weighted by molar-refractivity contribution is 0.296. The van der Waals surface area contributed by atoms with E-state index in [2.05, 4.69) is 54.4 Å². The molecule has 0 N–H and O–H groups in total. The topological polar surface area (TPSA) is 63.0 Å². The average molecular weight is 353 g/mol. The first-order valence-corrected chi connectivity index (χ1v) is 9.87. The Morgan fingerprint density at radius 2 is 1.88 bits per heavy atom. The van der Waals surface area contributed by atoms with Gasteiger partial charge in [-0.25, -0.2) is 9.97 Å². The van der Waals surface area contributed by atoms with E-state index in [-0.39, 0.29) is 0 Å². The molecule has 0 spiro atoms. The molecule has 2 aromatic heterocycles. The lowest BCUT2D eigenvalue weighted by atomic mass is 10.0. The number of anilines is 1. The molecule has 0 bridgehead atoms. The van der Waals surface area contributed by atoms with Crippen LogP contribution in [-0.2, 0) is 19.5 Å². The SMILES string of the molecule is CC(C)c1cc(N2CC3CN(Cc4nnc5n4CCC5)CC3C2)ncn1. The van der Waals surface area contributed by atoms with Crippen molar-refractivity contribution in [3.63, 3.8) is 0 Å². The Morgan fingerprint density at radius 1 is 1.08 bits per heavy atom. The highest BCUT2D eigenvalue weighted by Gasteiger charge is 2.40. The summed E-state index contributed by atoms with van der Waals surface area (Å²) in [6.07, 6.45) is 4.02. The molecule has 2 unspecified atom stereocenters. The van der Waals surface area contributed by atoms with Gasteiger partial charge in [0.25, 0.3) is 0 Å². The molecule has 7 nitrogen and oxygen atoms in total. The third-order valence-electron chi connectivity index (χ3n) is 6.20. The number of aryl methyl sites for hydroxylation is 1. The van der Waals surface area contributed by atoms with Crippen LogP contribution in [0.15, 0.2) is 12.4 Å². The van der Waals surface area contributed by atoms with Gasteiger partial charge in [0.1, 0.15) is 23.8 Å². The molecule has 5 rings (SSSR count). The van der Waals surface area contributed by atoms with Crippen molar-refractivity contribution in [1.29, 1.82) is 0 Å². The fourth-order valence-electron chi connectivity index (χ4n) is 4.78. The Hall–Kier alpha value is -2.02. The van der Waals surface area contributed by atoms with E-state index in [1.165, 1.54) is 12.2 Å². The lowest BCUT2D eigenvalue weighted by Crippen LogP contribution is -2.30. The van der Waals surface area contributed by atoms with Gasteiger partial charge in [-0.1, -0.05) is 13.8 Å². The van der Waals surface area contributed by atoms with Crippen molar-refractivity contribution in [3.8, 4) is 0 Å². The molecule has 2 saturated heterocycles. The van der Waals surface area contributed by atoms with Crippen molar-refractivity contribution in [3.05, 3.63) is 29.7 Å². The molecule has 0 aromatic carbocycles. The summed E-state index contributed by atoms with van der Waals surface area (Å²) < 4.78 is 2.33. The molecule has 26 heavy (non-hydrogen) atoms. The van der Waals surface area contributed by atoms with Crippen LogP contribution in [0.25, 0.3) is 0 Å². The lowest BCUT2D eigenvalue weighted by Gasteiger charge is -2.22. The molecule has 5 heterocycles. The van der Waals surface area contributed by atoms with Crippen molar-refractivity contribution < 1.29 is 0 Å². The van der Waals surface area contributed by atoms with E-state index >= 15 is 0 Å². The predicted octanol–water partition coefficient (Wildman–Crippen LogP) is 1.71. The van der Waals surface area contributed by atoms with E-state index in [9.17, 15) is 0 Å². The minimum Gasteiger partial charge on any atom is -0.356 e. The zero-order valence-corrected chi connectivity index (χ0v) is 15.7. The van der Waals surface area contributed by atoms with Crippen LogP contribution >= 0.6 is 0 Å². The van der Waals surface area contributed by atoms with Gasteiger partial charge in [0.2, 0.25) is 0 Å². The quantitative estimate of drug-likeness (QED) is 0.834. The van der Waals surface area contributed by atoms with Gasteiger partial charge in [-0.15, -0.1) is 10.2 Å². The van der Waals surface area contributed by atoms with E-state index < -0.39 is 0 Å². The van der Waals surface area contributed by atoms with Gasteiger partial charge < -0.3 is 9.47 Å². The first-order chi connectivity index (χ1) is 12.7. The molecule has 138 valence electrons. The summed E-state index contributed by atoms with van der Waals surface area (Å²) in [7, 11) is 0.